The van der Waals surface area contributed by atoms with Gasteiger partial charge in [-0.1, -0.05) is 30.3 Å². The lowest BCUT2D eigenvalue weighted by Crippen LogP contribution is -2.43. The molecule has 0 heterocycles. The second-order valence-corrected chi connectivity index (χ2v) is 5.37. The Morgan fingerprint density at radius 3 is 2.50 bits per heavy atom. The maximum Gasteiger partial charge on any atom is 0.322 e. The van der Waals surface area contributed by atoms with Gasteiger partial charge in [-0.05, 0) is 12.0 Å². The van der Waals surface area contributed by atoms with Crippen LogP contribution < -0.4 is 4.72 Å². The van der Waals surface area contributed by atoms with Crippen molar-refractivity contribution in [1.29, 1.82) is 5.26 Å². The van der Waals surface area contributed by atoms with Crippen molar-refractivity contribution >= 4 is 16.0 Å². The van der Waals surface area contributed by atoms with E-state index >= 15 is 0 Å². The first-order chi connectivity index (χ1) is 8.44. The van der Waals surface area contributed by atoms with Crippen LogP contribution in [0.2, 0.25) is 0 Å². The molecule has 0 aliphatic rings. The summed E-state index contributed by atoms with van der Waals surface area (Å²) in [4.78, 5) is 11.0. The van der Waals surface area contributed by atoms with E-state index in [9.17, 15) is 13.2 Å². The maximum atomic E-state index is 11.3. The number of carboxylic acids is 1. The molecule has 0 saturated heterocycles. The predicted molar refractivity (Wildman–Crippen MR) is 64.1 cm³/mol. The first-order valence-electron chi connectivity index (χ1n) is 5.08. The lowest BCUT2D eigenvalue weighted by atomic mass is 10.1. The van der Waals surface area contributed by atoms with Gasteiger partial charge in [0, 0.05) is 0 Å². The van der Waals surface area contributed by atoms with Crippen LogP contribution in [0.4, 0.5) is 0 Å². The van der Waals surface area contributed by atoms with Crippen molar-refractivity contribution in [1.82, 2.24) is 4.72 Å². The summed E-state index contributed by atoms with van der Waals surface area (Å²) in [5.74, 6) is -2.04. The van der Waals surface area contributed by atoms with Gasteiger partial charge in [0.05, 0.1) is 6.07 Å². The molecule has 0 unspecified atom stereocenters. The number of carboxylic acid groups (broad SMARTS) is 1. The number of hydrogen-bond acceptors (Lipinski definition) is 4. The molecule has 1 aromatic carbocycles. The highest BCUT2D eigenvalue weighted by Gasteiger charge is 2.23. The Balaban J connectivity index is 2.80. The first kappa shape index (κ1) is 14.2. The number of rotatable bonds is 6. The molecule has 0 aliphatic carbocycles. The van der Waals surface area contributed by atoms with E-state index in [2.05, 4.69) is 0 Å². The van der Waals surface area contributed by atoms with Crippen LogP contribution in [0.15, 0.2) is 30.3 Å². The van der Waals surface area contributed by atoms with Gasteiger partial charge in [-0.15, -0.1) is 0 Å². The summed E-state index contributed by atoms with van der Waals surface area (Å²) in [7, 11) is -3.89. The third-order valence-electron chi connectivity index (χ3n) is 2.16. The monoisotopic (exact) mass is 268 g/mol. The van der Waals surface area contributed by atoms with Crippen LogP contribution in [-0.4, -0.2) is 31.3 Å². The molecule has 6 nitrogen and oxygen atoms in total. The molecule has 0 aromatic heterocycles. The number of benzene rings is 1. The molecule has 0 bridgehead atoms. The van der Waals surface area contributed by atoms with Crippen LogP contribution in [0.25, 0.3) is 0 Å². The Kier molecular flexibility index (Phi) is 4.83. The summed E-state index contributed by atoms with van der Waals surface area (Å²) in [6, 6.07) is 8.85. The highest BCUT2D eigenvalue weighted by atomic mass is 32.2. The van der Waals surface area contributed by atoms with Gasteiger partial charge in [0.2, 0.25) is 10.0 Å². The Bertz CT molecular complexity index is 548. The van der Waals surface area contributed by atoms with Gasteiger partial charge < -0.3 is 5.11 Å². The van der Waals surface area contributed by atoms with E-state index in [1.807, 2.05) is 4.72 Å². The zero-order valence-corrected chi connectivity index (χ0v) is 10.2. The van der Waals surface area contributed by atoms with E-state index in [1.54, 1.807) is 30.3 Å². The minimum Gasteiger partial charge on any atom is -0.480 e. The molecule has 0 aliphatic heterocycles. The molecule has 0 fully saturated rings. The molecule has 1 atom stereocenters. The molecule has 7 heteroatoms. The van der Waals surface area contributed by atoms with Gasteiger partial charge >= 0.3 is 5.97 Å². The molecular formula is C11H12N2O4S. The van der Waals surface area contributed by atoms with Crippen molar-refractivity contribution in [2.24, 2.45) is 0 Å². The number of nitrogens with zero attached hydrogens (tertiary/aromatic N) is 1. The lowest BCUT2D eigenvalue weighted by Gasteiger charge is -2.13. The fourth-order valence-corrected chi connectivity index (χ4v) is 2.24. The summed E-state index contributed by atoms with van der Waals surface area (Å²) in [6.45, 7) is 0. The van der Waals surface area contributed by atoms with Gasteiger partial charge in [-0.3, -0.25) is 4.79 Å². The fraction of sp³-hybridized carbons (Fsp3) is 0.273. The largest absolute Gasteiger partial charge is 0.480 e. The van der Waals surface area contributed by atoms with E-state index in [0.717, 1.165) is 0 Å². The Morgan fingerprint density at radius 2 is 2.00 bits per heavy atom. The van der Waals surface area contributed by atoms with Crippen molar-refractivity contribution in [3.8, 4) is 6.07 Å². The lowest BCUT2D eigenvalue weighted by molar-refractivity contribution is -0.138. The first-order valence-corrected chi connectivity index (χ1v) is 6.73. The highest BCUT2D eigenvalue weighted by Crippen LogP contribution is 2.04. The van der Waals surface area contributed by atoms with Crippen molar-refractivity contribution < 1.29 is 18.3 Å². The second-order valence-electron chi connectivity index (χ2n) is 3.62. The number of nitrogens with one attached hydrogen (secondary N) is 1. The summed E-state index contributed by atoms with van der Waals surface area (Å²) in [5, 5.41) is 17.3. The zero-order chi connectivity index (χ0) is 13.6. The Hall–Kier alpha value is -1.91. The average Bonchev–Trinajstić information content (AvgIpc) is 2.29. The van der Waals surface area contributed by atoms with Crippen LogP contribution in [0.5, 0.6) is 0 Å². The molecule has 0 spiro atoms. The van der Waals surface area contributed by atoms with Crippen molar-refractivity contribution in [3.63, 3.8) is 0 Å². The molecule has 1 rings (SSSR count). The third kappa shape index (κ3) is 4.53. The highest BCUT2D eigenvalue weighted by molar-refractivity contribution is 7.89. The molecule has 96 valence electrons. The normalized spacial score (nSPS) is 12.6. The van der Waals surface area contributed by atoms with E-state index in [4.69, 9.17) is 10.4 Å². The van der Waals surface area contributed by atoms with Crippen molar-refractivity contribution in [2.75, 3.05) is 5.75 Å². The van der Waals surface area contributed by atoms with Crippen molar-refractivity contribution in [2.45, 2.75) is 12.5 Å². The van der Waals surface area contributed by atoms with Gasteiger partial charge in [0.25, 0.3) is 0 Å². The molecule has 0 radical (unpaired) electrons. The van der Waals surface area contributed by atoms with Gasteiger partial charge in [-0.25, -0.2) is 8.42 Å². The summed E-state index contributed by atoms with van der Waals surface area (Å²) < 4.78 is 24.7. The molecule has 2 N–H and O–H groups in total. The summed E-state index contributed by atoms with van der Waals surface area (Å²) in [5.41, 5.74) is 0.699. The van der Waals surface area contributed by atoms with E-state index in [1.165, 1.54) is 6.07 Å². The van der Waals surface area contributed by atoms with Gasteiger partial charge in [0.15, 0.2) is 5.75 Å². The minimum atomic E-state index is -3.89. The quantitative estimate of drug-likeness (QED) is 0.762. The molecule has 18 heavy (non-hydrogen) atoms. The third-order valence-corrected chi connectivity index (χ3v) is 3.31. The number of aliphatic carboxylic acids is 1. The van der Waals surface area contributed by atoms with Crippen LogP contribution in [0, 0.1) is 11.3 Å². The van der Waals surface area contributed by atoms with Crippen LogP contribution in [-0.2, 0) is 21.2 Å². The Morgan fingerprint density at radius 1 is 1.39 bits per heavy atom. The smallest absolute Gasteiger partial charge is 0.322 e. The molecular weight excluding hydrogens is 256 g/mol. The number of hydrogen-bond donors (Lipinski definition) is 2. The van der Waals surface area contributed by atoms with Crippen LogP contribution in [0.3, 0.4) is 0 Å². The van der Waals surface area contributed by atoms with Crippen molar-refractivity contribution in [3.05, 3.63) is 35.9 Å². The average molecular weight is 268 g/mol. The SMILES string of the molecule is N#CCS(=O)(=O)N[C@H](Cc1ccccc1)C(=O)O. The predicted octanol–water partition coefficient (Wildman–Crippen LogP) is 0.125. The maximum absolute atomic E-state index is 11.3. The van der Waals surface area contributed by atoms with E-state index in [-0.39, 0.29) is 6.42 Å². The van der Waals surface area contributed by atoms with Crippen LogP contribution >= 0.6 is 0 Å². The fourth-order valence-electron chi connectivity index (χ4n) is 1.37. The van der Waals surface area contributed by atoms with E-state index in [0.29, 0.717) is 5.56 Å². The van der Waals surface area contributed by atoms with Gasteiger partial charge in [0.1, 0.15) is 6.04 Å². The topological polar surface area (TPSA) is 107 Å². The number of sulfonamides is 1. The summed E-state index contributed by atoms with van der Waals surface area (Å²) >= 11 is 0. The zero-order valence-electron chi connectivity index (χ0n) is 9.41. The van der Waals surface area contributed by atoms with Crippen LogP contribution in [0.1, 0.15) is 5.56 Å². The molecule has 1 aromatic rings. The summed E-state index contributed by atoms with van der Waals surface area (Å²) in [6.07, 6.45) is 0.0286. The second kappa shape index (κ2) is 6.14. The number of carbonyl (C=O) groups is 1. The Labute approximate surface area is 105 Å². The number of nitriles is 1. The minimum absolute atomic E-state index is 0.0286. The van der Waals surface area contributed by atoms with Gasteiger partial charge in [-0.2, -0.15) is 9.98 Å². The molecule has 0 saturated carbocycles. The molecule has 0 amide bonds. The van der Waals surface area contributed by atoms with E-state index < -0.39 is 27.8 Å². The standard InChI is InChI=1S/C11H12N2O4S/c12-6-7-18(16,17)13-10(11(14)15)8-9-4-2-1-3-5-9/h1-5,10,13H,7-8H2,(H,14,15)/t10-/m1/s1.